The fraction of sp³-hybridized carbons (Fsp3) is 0.0968. The smallest absolute Gasteiger partial charge is 0.0507 e. The lowest BCUT2D eigenvalue weighted by Crippen LogP contribution is -2.30. The first kappa shape index (κ1) is 18.9. The van der Waals surface area contributed by atoms with Gasteiger partial charge >= 0.3 is 0 Å². The third-order valence-corrected chi connectivity index (χ3v) is 6.82. The molecule has 1 heteroatoms. The number of benzene rings is 5. The van der Waals surface area contributed by atoms with Gasteiger partial charge in [0, 0.05) is 12.7 Å². The Morgan fingerprint density at radius 3 is 1.78 bits per heavy atom. The third-order valence-electron chi connectivity index (χ3n) is 6.82. The second kappa shape index (κ2) is 7.69. The molecular formula is C31H25N. The predicted molar refractivity (Wildman–Crippen MR) is 139 cm³/mol. The van der Waals surface area contributed by atoms with Crippen LogP contribution in [-0.4, -0.2) is 13.1 Å². The predicted octanol–water partition coefficient (Wildman–Crippen LogP) is 7.99. The highest BCUT2D eigenvalue weighted by molar-refractivity contribution is 6.25. The Labute approximate surface area is 188 Å². The van der Waals surface area contributed by atoms with Crippen molar-refractivity contribution >= 4 is 43.6 Å². The summed E-state index contributed by atoms with van der Waals surface area (Å²) in [4.78, 5) is 2.40. The van der Waals surface area contributed by atoms with Crippen molar-refractivity contribution in [2.24, 2.45) is 0 Å². The summed E-state index contributed by atoms with van der Waals surface area (Å²) in [5.41, 5.74) is 3.85. The first-order valence-corrected chi connectivity index (χ1v) is 11.3. The summed E-state index contributed by atoms with van der Waals surface area (Å²) in [6, 6.07) is 35.5. The van der Waals surface area contributed by atoms with E-state index in [1.165, 1.54) is 49.1 Å². The van der Waals surface area contributed by atoms with Crippen LogP contribution in [0.2, 0.25) is 0 Å². The maximum absolute atomic E-state index is 2.40. The van der Waals surface area contributed by atoms with Crippen molar-refractivity contribution in [3.8, 4) is 0 Å². The lowest BCUT2D eigenvalue weighted by molar-refractivity contribution is 0.756. The molecule has 0 spiro atoms. The molecule has 0 heterocycles. The zero-order valence-electron chi connectivity index (χ0n) is 18.2. The average molecular weight is 412 g/mol. The number of anilines is 1. The fourth-order valence-corrected chi connectivity index (χ4v) is 5.05. The monoisotopic (exact) mass is 411 g/mol. The lowest BCUT2D eigenvalue weighted by atomic mass is 9.93. The first-order chi connectivity index (χ1) is 15.8. The van der Waals surface area contributed by atoms with Gasteiger partial charge in [-0.15, -0.1) is 0 Å². The molecule has 1 atom stereocenters. The van der Waals surface area contributed by atoms with Gasteiger partial charge in [-0.05, 0) is 62.0 Å². The molecule has 0 aromatic heterocycles. The number of rotatable bonds is 3. The molecule has 0 saturated heterocycles. The van der Waals surface area contributed by atoms with Gasteiger partial charge in [0.05, 0.1) is 6.04 Å². The topological polar surface area (TPSA) is 3.24 Å². The van der Waals surface area contributed by atoms with Crippen LogP contribution in [0.1, 0.15) is 12.0 Å². The molecule has 1 nitrogen and oxygen atoms in total. The van der Waals surface area contributed by atoms with Crippen LogP contribution in [0.3, 0.4) is 0 Å². The zero-order chi connectivity index (χ0) is 21.5. The van der Waals surface area contributed by atoms with Crippen molar-refractivity contribution < 1.29 is 0 Å². The summed E-state index contributed by atoms with van der Waals surface area (Å²) < 4.78 is 0. The number of nitrogens with zero attached hydrogens (tertiary/aromatic N) is 1. The number of fused-ring (bicyclic) bond motifs is 6. The maximum atomic E-state index is 2.40. The van der Waals surface area contributed by atoms with E-state index in [-0.39, 0.29) is 0 Å². The average Bonchev–Trinajstić information content (AvgIpc) is 2.89. The van der Waals surface area contributed by atoms with Crippen LogP contribution in [0.15, 0.2) is 115 Å². The quantitative estimate of drug-likeness (QED) is 0.272. The van der Waals surface area contributed by atoms with Crippen molar-refractivity contribution in [1.29, 1.82) is 0 Å². The Hall–Kier alpha value is -3.84. The van der Waals surface area contributed by atoms with Crippen LogP contribution in [0.4, 0.5) is 5.69 Å². The van der Waals surface area contributed by atoms with E-state index in [9.17, 15) is 0 Å². The molecule has 1 aliphatic rings. The standard InChI is InChI=1S/C31H25N/c1-32(24-17-15-23(16-18-24)22-9-3-2-4-10-22)25-19-20-30-28-13-6-5-11-26(28)27-12-7-8-14-29(27)31(30)21-25/h2-17,19-21,24H,18H2,1H3. The molecular weight excluding hydrogens is 386 g/mol. The van der Waals surface area contributed by atoms with E-state index in [1.807, 2.05) is 0 Å². The molecule has 1 aliphatic carbocycles. The number of allylic oxidation sites excluding steroid dienone is 2. The summed E-state index contributed by atoms with van der Waals surface area (Å²) >= 11 is 0. The minimum absolute atomic E-state index is 0.353. The summed E-state index contributed by atoms with van der Waals surface area (Å²) in [6.45, 7) is 0. The SMILES string of the molecule is CN(c1ccc2c3ccccc3c3ccccc3c2c1)C1C=CC(c2ccccc2)=CC1. The number of hydrogen-bond acceptors (Lipinski definition) is 1. The van der Waals surface area contributed by atoms with Crippen molar-refractivity contribution in [1.82, 2.24) is 0 Å². The van der Waals surface area contributed by atoms with Crippen LogP contribution in [0.25, 0.3) is 37.9 Å². The highest BCUT2D eigenvalue weighted by Crippen LogP contribution is 2.37. The largest absolute Gasteiger partial charge is 0.368 e. The minimum Gasteiger partial charge on any atom is -0.368 e. The van der Waals surface area contributed by atoms with Gasteiger partial charge < -0.3 is 4.90 Å². The van der Waals surface area contributed by atoms with Gasteiger partial charge in [0.1, 0.15) is 0 Å². The Morgan fingerprint density at radius 2 is 1.19 bits per heavy atom. The van der Waals surface area contributed by atoms with E-state index in [2.05, 4.69) is 127 Å². The third kappa shape index (κ3) is 3.09. The molecule has 0 fully saturated rings. The molecule has 6 rings (SSSR count). The van der Waals surface area contributed by atoms with E-state index >= 15 is 0 Å². The van der Waals surface area contributed by atoms with Crippen molar-refractivity contribution in [3.05, 3.63) is 121 Å². The molecule has 0 saturated carbocycles. The lowest BCUT2D eigenvalue weighted by Gasteiger charge is -2.29. The maximum Gasteiger partial charge on any atom is 0.0507 e. The molecule has 0 aliphatic heterocycles. The number of likely N-dealkylation sites (N-methyl/N-ethyl adjacent to an activating group) is 1. The Balaban J connectivity index is 1.40. The van der Waals surface area contributed by atoms with Gasteiger partial charge in [0.2, 0.25) is 0 Å². The highest BCUT2D eigenvalue weighted by atomic mass is 15.1. The fourth-order valence-electron chi connectivity index (χ4n) is 5.05. The van der Waals surface area contributed by atoms with Crippen LogP contribution in [0.5, 0.6) is 0 Å². The van der Waals surface area contributed by atoms with E-state index in [0.717, 1.165) is 6.42 Å². The summed E-state index contributed by atoms with van der Waals surface area (Å²) in [6.07, 6.45) is 7.98. The summed E-state index contributed by atoms with van der Waals surface area (Å²) in [5, 5.41) is 7.94. The van der Waals surface area contributed by atoms with Crippen LogP contribution >= 0.6 is 0 Å². The Bertz CT molecular complexity index is 1470. The summed E-state index contributed by atoms with van der Waals surface area (Å²) in [7, 11) is 2.21. The molecule has 0 radical (unpaired) electrons. The van der Waals surface area contributed by atoms with Crippen molar-refractivity contribution in [2.75, 3.05) is 11.9 Å². The molecule has 5 aromatic rings. The van der Waals surface area contributed by atoms with Gasteiger partial charge in [-0.2, -0.15) is 0 Å². The zero-order valence-corrected chi connectivity index (χ0v) is 18.2. The molecule has 1 unspecified atom stereocenters. The molecule has 0 bridgehead atoms. The molecule has 154 valence electrons. The highest BCUT2D eigenvalue weighted by Gasteiger charge is 2.17. The van der Waals surface area contributed by atoms with Gasteiger partial charge in [0.15, 0.2) is 0 Å². The van der Waals surface area contributed by atoms with E-state index < -0.39 is 0 Å². The second-order valence-corrected chi connectivity index (χ2v) is 8.62. The van der Waals surface area contributed by atoms with Crippen LogP contribution in [0, 0.1) is 0 Å². The minimum atomic E-state index is 0.353. The van der Waals surface area contributed by atoms with E-state index in [1.54, 1.807) is 0 Å². The normalized spacial score (nSPS) is 15.9. The molecule has 0 amide bonds. The van der Waals surface area contributed by atoms with Crippen molar-refractivity contribution in [2.45, 2.75) is 12.5 Å². The van der Waals surface area contributed by atoms with Gasteiger partial charge in [0.25, 0.3) is 0 Å². The molecule has 0 N–H and O–H groups in total. The van der Waals surface area contributed by atoms with E-state index in [0.29, 0.717) is 6.04 Å². The Kier molecular flexibility index (Phi) is 4.54. The summed E-state index contributed by atoms with van der Waals surface area (Å²) in [5.74, 6) is 0. The van der Waals surface area contributed by atoms with Crippen LogP contribution in [-0.2, 0) is 0 Å². The Morgan fingerprint density at radius 1 is 0.625 bits per heavy atom. The molecule has 5 aromatic carbocycles. The second-order valence-electron chi connectivity index (χ2n) is 8.62. The number of hydrogen-bond donors (Lipinski definition) is 0. The van der Waals surface area contributed by atoms with Crippen molar-refractivity contribution in [3.63, 3.8) is 0 Å². The van der Waals surface area contributed by atoms with E-state index in [4.69, 9.17) is 0 Å². The molecule has 32 heavy (non-hydrogen) atoms. The van der Waals surface area contributed by atoms with Crippen LogP contribution < -0.4 is 4.90 Å². The van der Waals surface area contributed by atoms with Gasteiger partial charge in [-0.25, -0.2) is 0 Å². The first-order valence-electron chi connectivity index (χ1n) is 11.3. The van der Waals surface area contributed by atoms with Gasteiger partial charge in [-0.3, -0.25) is 0 Å². The van der Waals surface area contributed by atoms with Gasteiger partial charge in [-0.1, -0.05) is 103 Å².